The van der Waals surface area contributed by atoms with Gasteiger partial charge in [-0.25, -0.2) is 18.4 Å². The van der Waals surface area contributed by atoms with Crippen molar-refractivity contribution in [3.63, 3.8) is 0 Å². The van der Waals surface area contributed by atoms with Crippen molar-refractivity contribution < 1.29 is 27.8 Å². The Balaban J connectivity index is 1.11. The molecule has 1 aliphatic carbocycles. The van der Waals surface area contributed by atoms with Crippen molar-refractivity contribution in [3.8, 4) is 23.1 Å². The molecule has 0 unspecified atom stereocenters. The van der Waals surface area contributed by atoms with E-state index in [0.29, 0.717) is 35.2 Å². The molecule has 0 spiro atoms. The van der Waals surface area contributed by atoms with Crippen molar-refractivity contribution in [2.75, 3.05) is 32.0 Å². The highest BCUT2D eigenvalue weighted by Crippen LogP contribution is 2.41. The number of allylic oxidation sites excluding steroid dienone is 1. The summed E-state index contributed by atoms with van der Waals surface area (Å²) in [6, 6.07) is 9.89. The molecule has 11 heteroatoms. The number of carbonyl (C=O) groups excluding carboxylic acids is 1. The second-order valence-corrected chi connectivity index (χ2v) is 13.4. The lowest BCUT2D eigenvalue weighted by molar-refractivity contribution is 0.0759. The Hall–Kier alpha value is -4.61. The van der Waals surface area contributed by atoms with E-state index in [-0.39, 0.29) is 29.1 Å². The number of rotatable bonds is 9. The first-order valence-electron chi connectivity index (χ1n) is 17.0. The molecule has 3 aliphatic rings. The minimum absolute atomic E-state index is 0.00522. The summed E-state index contributed by atoms with van der Waals surface area (Å²) >= 11 is 0. The van der Waals surface area contributed by atoms with E-state index in [4.69, 9.17) is 19.9 Å². The number of aromatic nitrogens is 3. The van der Waals surface area contributed by atoms with Gasteiger partial charge >= 0.3 is 0 Å². The van der Waals surface area contributed by atoms with Gasteiger partial charge in [-0.3, -0.25) is 4.79 Å². The fourth-order valence-corrected chi connectivity index (χ4v) is 7.04. The molecule has 9 nitrogen and oxygen atoms in total. The number of halogens is 2. The van der Waals surface area contributed by atoms with Crippen LogP contribution in [-0.2, 0) is 11.2 Å². The summed E-state index contributed by atoms with van der Waals surface area (Å²) in [5.74, 6) is -0.973. The monoisotopic (exact) mass is 669 g/mol. The molecule has 4 aromatic rings. The van der Waals surface area contributed by atoms with Gasteiger partial charge in [-0.2, -0.15) is 5.10 Å². The smallest absolute Gasteiger partial charge is 0.219 e. The lowest BCUT2D eigenvalue weighted by Gasteiger charge is -2.35. The van der Waals surface area contributed by atoms with Gasteiger partial charge in [0.05, 0.1) is 23.6 Å². The molecule has 7 rings (SSSR count). The van der Waals surface area contributed by atoms with E-state index < -0.39 is 17.4 Å². The van der Waals surface area contributed by atoms with Crippen LogP contribution in [0.3, 0.4) is 0 Å². The number of nitrogen functional groups attached to an aromatic ring is 1. The molecule has 2 N–H and O–H groups in total. The van der Waals surface area contributed by atoms with Crippen molar-refractivity contribution in [1.82, 2.24) is 19.7 Å². The predicted octanol–water partition coefficient (Wildman–Crippen LogP) is 7.20. The van der Waals surface area contributed by atoms with Crippen LogP contribution in [0.2, 0.25) is 0 Å². The van der Waals surface area contributed by atoms with Gasteiger partial charge in [0, 0.05) is 50.4 Å². The Labute approximate surface area is 284 Å². The third-order valence-electron chi connectivity index (χ3n) is 9.90. The number of para-hydroxylation sites is 1. The summed E-state index contributed by atoms with van der Waals surface area (Å²) in [6.07, 6.45) is 9.35. The number of nitrogens with zero attached hydrogens (tertiary/aromatic N) is 4. The SMILES string of the molecule is Cc1cc(Oc2c(F)cccc2F)ncc1-n1ncc(C(=O)C2=Cc3cc(OC4CCN(C(C)C)CC4)c(C4CCOCC4)cc3C2)c1N. The van der Waals surface area contributed by atoms with Gasteiger partial charge in [0.25, 0.3) is 0 Å². The molecule has 0 amide bonds. The first-order valence-corrected chi connectivity index (χ1v) is 17.0. The number of carbonyl (C=O) groups is 1. The average Bonchev–Trinajstić information content (AvgIpc) is 3.69. The molecule has 4 heterocycles. The molecule has 0 saturated carbocycles. The number of Topliss-reactive ketones (excluding diaryl/α,β-unsaturated/α-hetero) is 1. The molecule has 0 bridgehead atoms. The van der Waals surface area contributed by atoms with Gasteiger partial charge in [0.15, 0.2) is 17.4 Å². The normalized spacial score (nSPS) is 17.3. The minimum atomic E-state index is -0.836. The minimum Gasteiger partial charge on any atom is -0.490 e. The van der Waals surface area contributed by atoms with Gasteiger partial charge in [0.1, 0.15) is 17.7 Å². The Morgan fingerprint density at radius 2 is 1.78 bits per heavy atom. The standard InChI is InChI=1S/C38H41F2N5O4/c1-22(2)44-11-7-28(8-12-44)48-34-19-26-17-27(16-25(26)18-29(34)24-9-13-47-14-10-24)36(46)30-20-43-45(38(30)41)33-21-42-35(15-23(33)3)49-37-31(39)5-4-6-32(37)40/h4-6,15,17-22,24,28H,7-14,16,41H2,1-3H3. The first-order chi connectivity index (χ1) is 23.7. The topological polar surface area (TPSA) is 105 Å². The number of ether oxygens (including phenoxy) is 3. The van der Waals surface area contributed by atoms with E-state index in [1.165, 1.54) is 34.8 Å². The van der Waals surface area contributed by atoms with E-state index in [1.54, 1.807) is 6.92 Å². The Morgan fingerprint density at radius 3 is 2.47 bits per heavy atom. The molecular weight excluding hydrogens is 628 g/mol. The Kier molecular flexibility index (Phi) is 9.21. The van der Waals surface area contributed by atoms with Crippen molar-refractivity contribution in [2.45, 2.75) is 70.9 Å². The maximum absolute atomic E-state index is 14.1. The number of likely N-dealkylation sites (tertiary alicyclic amines) is 1. The Morgan fingerprint density at radius 1 is 1.04 bits per heavy atom. The largest absolute Gasteiger partial charge is 0.490 e. The van der Waals surface area contributed by atoms with Gasteiger partial charge in [-0.1, -0.05) is 12.1 Å². The van der Waals surface area contributed by atoms with Crippen molar-refractivity contribution in [2.24, 2.45) is 0 Å². The van der Waals surface area contributed by atoms with Gasteiger partial charge in [0.2, 0.25) is 11.6 Å². The molecule has 2 saturated heterocycles. The van der Waals surface area contributed by atoms with Crippen LogP contribution in [0.5, 0.6) is 17.4 Å². The number of hydrogen-bond donors (Lipinski definition) is 1. The maximum Gasteiger partial charge on any atom is 0.219 e. The summed E-state index contributed by atoms with van der Waals surface area (Å²) in [4.78, 5) is 20.6. The lowest BCUT2D eigenvalue weighted by Crippen LogP contribution is -2.41. The molecule has 0 atom stereocenters. The molecule has 2 aromatic heterocycles. The number of ketones is 1. The number of pyridine rings is 1. The number of aryl methyl sites for hydroxylation is 1. The molecule has 2 aliphatic heterocycles. The highest BCUT2D eigenvalue weighted by Gasteiger charge is 2.30. The second-order valence-electron chi connectivity index (χ2n) is 13.4. The summed E-state index contributed by atoms with van der Waals surface area (Å²) in [5, 5.41) is 4.41. The lowest BCUT2D eigenvalue weighted by atomic mass is 9.88. The maximum atomic E-state index is 14.1. The molecule has 256 valence electrons. The quantitative estimate of drug-likeness (QED) is 0.187. The van der Waals surface area contributed by atoms with Crippen LogP contribution in [-0.4, -0.2) is 63.9 Å². The molecule has 0 radical (unpaired) electrons. The fraction of sp³-hybridized carbons (Fsp3) is 0.395. The molecule has 2 aromatic carbocycles. The van der Waals surface area contributed by atoms with E-state index in [2.05, 4.69) is 41.0 Å². The van der Waals surface area contributed by atoms with Crippen LogP contribution in [0.4, 0.5) is 14.6 Å². The molecule has 49 heavy (non-hydrogen) atoms. The van der Waals surface area contributed by atoms with E-state index in [9.17, 15) is 13.6 Å². The first kappa shape index (κ1) is 32.9. The average molecular weight is 670 g/mol. The number of fused-ring (bicyclic) bond motifs is 1. The van der Waals surface area contributed by atoms with Gasteiger partial charge in [-0.15, -0.1) is 0 Å². The zero-order valence-corrected chi connectivity index (χ0v) is 28.0. The molecule has 2 fully saturated rings. The summed E-state index contributed by atoms with van der Waals surface area (Å²) in [5.41, 5.74) is 11.9. The van der Waals surface area contributed by atoms with Crippen LogP contribution in [0.15, 0.2) is 54.4 Å². The number of hydrogen-bond acceptors (Lipinski definition) is 8. The summed E-state index contributed by atoms with van der Waals surface area (Å²) < 4.78 is 47.5. The number of anilines is 1. The van der Waals surface area contributed by atoms with Crippen LogP contribution in [0.25, 0.3) is 11.8 Å². The van der Waals surface area contributed by atoms with Crippen LogP contribution >= 0.6 is 0 Å². The van der Waals surface area contributed by atoms with Crippen LogP contribution in [0.1, 0.15) is 78.1 Å². The zero-order chi connectivity index (χ0) is 34.2. The second kappa shape index (κ2) is 13.7. The van der Waals surface area contributed by atoms with Crippen molar-refractivity contribution in [3.05, 3.63) is 93.8 Å². The van der Waals surface area contributed by atoms with E-state index in [0.717, 1.165) is 81.0 Å². The third-order valence-corrected chi connectivity index (χ3v) is 9.90. The van der Waals surface area contributed by atoms with Crippen molar-refractivity contribution in [1.29, 1.82) is 0 Å². The van der Waals surface area contributed by atoms with Crippen molar-refractivity contribution >= 4 is 17.7 Å². The summed E-state index contributed by atoms with van der Waals surface area (Å²) in [6.45, 7) is 9.75. The van der Waals surface area contributed by atoms with Gasteiger partial charge < -0.3 is 24.8 Å². The van der Waals surface area contributed by atoms with E-state index >= 15 is 0 Å². The number of nitrogens with two attached hydrogens (primary N) is 1. The highest BCUT2D eigenvalue weighted by molar-refractivity contribution is 6.15. The predicted molar refractivity (Wildman–Crippen MR) is 183 cm³/mol. The zero-order valence-electron chi connectivity index (χ0n) is 28.0. The number of piperidine rings is 1. The third kappa shape index (κ3) is 6.69. The Bertz CT molecular complexity index is 1890. The van der Waals surface area contributed by atoms with Crippen LogP contribution < -0.4 is 15.2 Å². The molecular formula is C38H41F2N5O4. The van der Waals surface area contributed by atoms with Gasteiger partial charge in [-0.05, 0) is 98.9 Å². The van der Waals surface area contributed by atoms with Crippen LogP contribution in [0, 0.1) is 18.6 Å². The number of benzene rings is 2. The fourth-order valence-electron chi connectivity index (χ4n) is 7.04. The van der Waals surface area contributed by atoms with E-state index in [1.807, 2.05) is 6.08 Å². The highest BCUT2D eigenvalue weighted by atomic mass is 19.1. The summed E-state index contributed by atoms with van der Waals surface area (Å²) in [7, 11) is 0.